The number of hydrogen-bond acceptors (Lipinski definition) is 7. The van der Waals surface area contributed by atoms with Crippen molar-refractivity contribution in [1.29, 1.82) is 0 Å². The highest BCUT2D eigenvalue weighted by atomic mass is 16.7. The normalized spacial score (nSPS) is 56.5. The van der Waals surface area contributed by atoms with Crippen LogP contribution in [0.3, 0.4) is 0 Å². The van der Waals surface area contributed by atoms with Crippen LogP contribution < -0.4 is 5.11 Å². The molecule has 0 bridgehead atoms. The van der Waals surface area contributed by atoms with E-state index in [0.717, 1.165) is 51.4 Å². The van der Waals surface area contributed by atoms with Gasteiger partial charge in [-0.2, -0.15) is 0 Å². The minimum atomic E-state index is -1.86. The summed E-state index contributed by atoms with van der Waals surface area (Å²) < 4.78 is 11.2. The smallest absolute Gasteiger partial charge is 0.335 e. The molecule has 4 aliphatic carbocycles. The molecule has 33 heavy (non-hydrogen) atoms. The number of ether oxygens (including phenoxy) is 2. The maximum atomic E-state index is 12.6. The Kier molecular flexibility index (Phi) is 6.11. The van der Waals surface area contributed by atoms with Crippen molar-refractivity contribution in [3.05, 3.63) is 0 Å². The average molecular weight is 468 g/mol. The Balaban J connectivity index is 1.31. The van der Waals surface area contributed by atoms with Crippen molar-refractivity contribution in [2.75, 3.05) is 0 Å². The van der Waals surface area contributed by atoms with Gasteiger partial charge in [-0.25, -0.2) is 4.79 Å². The lowest BCUT2D eigenvalue weighted by Gasteiger charge is -2.61. The van der Waals surface area contributed by atoms with Crippen molar-refractivity contribution in [1.82, 2.24) is 0 Å². The second-order valence-corrected chi connectivity index (χ2v) is 12.0. The van der Waals surface area contributed by atoms with Crippen molar-refractivity contribution in [2.24, 2.45) is 34.5 Å². The van der Waals surface area contributed by atoms with E-state index in [4.69, 9.17) is 14.6 Å². The minimum absolute atomic E-state index is 0.118. The van der Waals surface area contributed by atoms with E-state index in [1.54, 1.807) is 0 Å². The highest BCUT2D eigenvalue weighted by molar-refractivity contribution is 5.73. The largest absolute Gasteiger partial charge is 0.829 e. The van der Waals surface area contributed by atoms with E-state index in [9.17, 15) is 25.2 Å². The van der Waals surface area contributed by atoms with Crippen molar-refractivity contribution < 1.29 is 39.8 Å². The summed E-state index contributed by atoms with van der Waals surface area (Å²) >= 11 is 0. The van der Waals surface area contributed by atoms with Gasteiger partial charge in [-0.05, 0) is 92.3 Å². The van der Waals surface area contributed by atoms with E-state index < -0.39 is 36.7 Å². The molecule has 4 saturated carbocycles. The molecule has 5 fully saturated rings. The van der Waals surface area contributed by atoms with Crippen LogP contribution in [0.25, 0.3) is 0 Å². The number of hydrogen-bond donors (Lipinski definition) is 4. The number of carboxylic acids is 1. The molecule has 5 rings (SSSR count). The summed E-state index contributed by atoms with van der Waals surface area (Å²) in [6, 6.07) is 0. The number of aliphatic hydroxyl groups is 3. The second kappa shape index (κ2) is 8.42. The average Bonchev–Trinajstić information content (AvgIpc) is 3.10. The molecule has 4 unspecified atom stereocenters. The lowest BCUT2D eigenvalue weighted by Crippen LogP contribution is -2.65. The monoisotopic (exact) mass is 467 g/mol. The molecule has 8 heteroatoms. The van der Waals surface area contributed by atoms with Gasteiger partial charge in [0, 0.05) is 6.29 Å². The molecule has 8 nitrogen and oxygen atoms in total. The summed E-state index contributed by atoms with van der Waals surface area (Å²) in [5, 5.41) is 52.6. The molecule has 4 N–H and O–H groups in total. The van der Waals surface area contributed by atoms with Crippen LogP contribution in [0.15, 0.2) is 0 Å². The summed E-state index contributed by atoms with van der Waals surface area (Å²) in [6.07, 6.45) is 0.585. The Morgan fingerprint density at radius 3 is 2.36 bits per heavy atom. The number of rotatable bonds is 3. The topological polar surface area (TPSA) is 140 Å². The summed E-state index contributed by atoms with van der Waals surface area (Å²) in [7, 11) is 0. The molecule has 1 saturated heterocycles. The number of aliphatic hydroxyl groups excluding tert-OH is 3. The van der Waals surface area contributed by atoms with Gasteiger partial charge in [0.15, 0.2) is 6.10 Å². The first kappa shape index (κ1) is 23.9. The van der Waals surface area contributed by atoms with Gasteiger partial charge in [0.05, 0.1) is 18.3 Å². The SMILES string of the molecule is C[C@]12CCC(O)CC1CC[C@@H]1[C@@H]2CC[C@]2(C)C(O[C@H]3C([O-])O[C@H](C(=O)O)[C@@H](O)[C@@H]3O)CC[C@@H]12. The molecule has 0 aromatic carbocycles. The maximum absolute atomic E-state index is 12.6. The third-order valence-electron chi connectivity index (χ3n) is 10.7. The van der Waals surface area contributed by atoms with Crippen molar-refractivity contribution in [3.63, 3.8) is 0 Å². The van der Waals surface area contributed by atoms with Gasteiger partial charge in [-0.15, -0.1) is 0 Å². The molecular weight excluding hydrogens is 428 g/mol. The molecule has 0 aromatic rings. The fourth-order valence-electron chi connectivity index (χ4n) is 8.79. The third-order valence-corrected chi connectivity index (χ3v) is 10.7. The molecule has 188 valence electrons. The summed E-state index contributed by atoms with van der Waals surface area (Å²) in [6.45, 7) is 4.70. The van der Waals surface area contributed by atoms with Crippen LogP contribution in [0.5, 0.6) is 0 Å². The van der Waals surface area contributed by atoms with Crippen LogP contribution in [0.1, 0.15) is 71.6 Å². The predicted molar refractivity (Wildman–Crippen MR) is 115 cm³/mol. The Morgan fingerprint density at radius 2 is 1.64 bits per heavy atom. The number of fused-ring (bicyclic) bond motifs is 5. The molecular formula is C25H39O8-. The maximum Gasteiger partial charge on any atom is 0.335 e. The molecule has 0 radical (unpaired) electrons. The van der Waals surface area contributed by atoms with Crippen molar-refractivity contribution in [2.45, 2.75) is 115 Å². The fourth-order valence-corrected chi connectivity index (χ4v) is 8.79. The van der Waals surface area contributed by atoms with Gasteiger partial charge in [0.1, 0.15) is 12.2 Å². The quantitative estimate of drug-likeness (QED) is 0.483. The molecule has 13 atom stereocenters. The Morgan fingerprint density at radius 1 is 0.939 bits per heavy atom. The zero-order valence-corrected chi connectivity index (χ0v) is 19.6. The zero-order valence-electron chi connectivity index (χ0n) is 19.6. The van der Waals surface area contributed by atoms with Crippen LogP contribution in [-0.2, 0) is 14.3 Å². The number of carbonyl (C=O) groups is 1. The minimum Gasteiger partial charge on any atom is -0.829 e. The van der Waals surface area contributed by atoms with Gasteiger partial charge in [0.2, 0.25) is 0 Å². The Labute approximate surface area is 195 Å². The van der Waals surface area contributed by atoms with Gasteiger partial charge in [-0.1, -0.05) is 13.8 Å². The number of carboxylic acid groups (broad SMARTS) is 1. The highest BCUT2D eigenvalue weighted by Crippen LogP contribution is 2.66. The molecule has 5 aliphatic rings. The van der Waals surface area contributed by atoms with E-state index in [2.05, 4.69) is 13.8 Å². The summed E-state index contributed by atoms with van der Waals surface area (Å²) in [4.78, 5) is 11.2. The van der Waals surface area contributed by atoms with Gasteiger partial charge >= 0.3 is 5.97 Å². The molecule has 1 heterocycles. The van der Waals surface area contributed by atoms with Gasteiger partial charge in [-0.3, -0.25) is 0 Å². The first-order valence-corrected chi connectivity index (χ1v) is 12.8. The second-order valence-electron chi connectivity index (χ2n) is 12.0. The molecule has 0 aromatic heterocycles. The standard InChI is InChI=1S/C25H39O8/c1-24-9-7-13(26)11-12(24)3-4-14-15-5-6-17(25(15,2)10-8-16(14)24)32-21-19(28)18(27)20(22(29)30)33-23(21)31/h12-21,23,26-28H,3-11H2,1-2H3,(H,29,30)/q-1/t12?,13?,14-,15-,16-,17?,18-,19-,20-,21+,23?,24-,25-/m0/s1. The lowest BCUT2D eigenvalue weighted by molar-refractivity contribution is -0.533. The van der Waals surface area contributed by atoms with Crippen LogP contribution in [0, 0.1) is 34.5 Å². The van der Waals surface area contributed by atoms with Crippen LogP contribution in [-0.4, -0.2) is 69.3 Å². The predicted octanol–water partition coefficient (Wildman–Crippen LogP) is 1.04. The fraction of sp³-hybridized carbons (Fsp3) is 0.960. The van der Waals surface area contributed by atoms with E-state index >= 15 is 0 Å². The zero-order chi connectivity index (χ0) is 23.7. The van der Waals surface area contributed by atoms with Crippen LogP contribution in [0.2, 0.25) is 0 Å². The van der Waals surface area contributed by atoms with Gasteiger partial charge < -0.3 is 35.0 Å². The van der Waals surface area contributed by atoms with Crippen LogP contribution >= 0.6 is 0 Å². The summed E-state index contributed by atoms with van der Waals surface area (Å²) in [5.41, 5.74) is 0.165. The van der Waals surface area contributed by atoms with E-state index in [0.29, 0.717) is 23.7 Å². The Bertz CT molecular complexity index is 761. The Hall–Kier alpha value is -0.770. The van der Waals surface area contributed by atoms with Gasteiger partial charge in [0.25, 0.3) is 0 Å². The summed E-state index contributed by atoms with van der Waals surface area (Å²) in [5.74, 6) is 0.862. The van der Waals surface area contributed by atoms with E-state index in [-0.39, 0.29) is 23.0 Å². The first-order chi connectivity index (χ1) is 15.6. The lowest BCUT2D eigenvalue weighted by atomic mass is 9.45. The highest BCUT2D eigenvalue weighted by Gasteiger charge is 2.61. The van der Waals surface area contributed by atoms with Crippen molar-refractivity contribution >= 4 is 5.97 Å². The molecule has 0 spiro atoms. The third kappa shape index (κ3) is 3.67. The molecule has 0 amide bonds. The number of aliphatic carboxylic acids is 1. The van der Waals surface area contributed by atoms with E-state index in [1.165, 1.54) is 6.42 Å². The molecule has 1 aliphatic heterocycles. The van der Waals surface area contributed by atoms with E-state index in [1.807, 2.05) is 0 Å². The van der Waals surface area contributed by atoms with Crippen molar-refractivity contribution in [3.8, 4) is 0 Å². The van der Waals surface area contributed by atoms with Crippen LogP contribution in [0.4, 0.5) is 0 Å². The first-order valence-electron chi connectivity index (χ1n) is 12.8.